The minimum absolute atomic E-state index is 0.0592. The molecule has 0 aliphatic heterocycles. The highest BCUT2D eigenvalue weighted by Gasteiger charge is 2.20. The predicted octanol–water partition coefficient (Wildman–Crippen LogP) is 5.23. The first-order valence-corrected chi connectivity index (χ1v) is 10.1. The van der Waals surface area contributed by atoms with Crippen molar-refractivity contribution in [1.82, 2.24) is 0 Å². The molecule has 0 fully saturated rings. The second-order valence-electron chi connectivity index (χ2n) is 6.39. The van der Waals surface area contributed by atoms with E-state index in [1.54, 1.807) is 48.5 Å². The topological polar surface area (TPSA) is 67.4 Å². The van der Waals surface area contributed by atoms with Crippen LogP contribution in [0.5, 0.6) is 5.75 Å². The van der Waals surface area contributed by atoms with Crippen LogP contribution in [0.4, 0.5) is 28.9 Å². The molecule has 2 amide bonds. The van der Waals surface area contributed by atoms with E-state index in [0.29, 0.717) is 21.9 Å². The summed E-state index contributed by atoms with van der Waals surface area (Å²) in [5, 5.41) is 4.56. The van der Waals surface area contributed by atoms with Crippen molar-refractivity contribution < 1.29 is 31.9 Å². The predicted molar refractivity (Wildman–Crippen MR) is 113 cm³/mol. The molecule has 3 aromatic rings. The summed E-state index contributed by atoms with van der Waals surface area (Å²) >= 11 is 1.02. The fourth-order valence-corrected chi connectivity index (χ4v) is 3.31. The molecule has 0 aliphatic rings. The molecule has 0 saturated carbocycles. The van der Waals surface area contributed by atoms with Crippen LogP contribution >= 0.6 is 11.8 Å². The standard InChI is InChI=1S/C22H16F4N2O3S/c1-31-14-4-2-3-12(9-14)22(30)27-13-5-7-15(8-6-13)32-11-18(29)28-21-19(25)16(23)10-17(24)20(21)26/h2-10H,11H2,1H3,(H,27,30)(H,28,29). The third-order valence-corrected chi connectivity index (χ3v) is 5.20. The second-order valence-corrected chi connectivity index (χ2v) is 7.44. The Morgan fingerprint density at radius 1 is 0.906 bits per heavy atom. The maximum atomic E-state index is 13.6. The van der Waals surface area contributed by atoms with Crippen LogP contribution in [0.3, 0.4) is 0 Å². The summed E-state index contributed by atoms with van der Waals surface area (Å²) in [6.45, 7) is 0. The summed E-state index contributed by atoms with van der Waals surface area (Å²) in [6, 6.07) is 13.2. The monoisotopic (exact) mass is 464 g/mol. The number of hydrogen-bond acceptors (Lipinski definition) is 4. The molecule has 0 unspecified atom stereocenters. The summed E-state index contributed by atoms with van der Waals surface area (Å²) in [6.07, 6.45) is 0. The summed E-state index contributed by atoms with van der Waals surface area (Å²) < 4.78 is 58.8. The van der Waals surface area contributed by atoms with Crippen LogP contribution in [0.15, 0.2) is 59.5 Å². The van der Waals surface area contributed by atoms with Crippen molar-refractivity contribution in [3.63, 3.8) is 0 Å². The van der Waals surface area contributed by atoms with Crippen LogP contribution < -0.4 is 15.4 Å². The largest absolute Gasteiger partial charge is 0.497 e. The highest BCUT2D eigenvalue weighted by atomic mass is 32.2. The minimum atomic E-state index is -1.68. The van der Waals surface area contributed by atoms with Gasteiger partial charge in [-0.15, -0.1) is 11.8 Å². The van der Waals surface area contributed by atoms with Crippen LogP contribution in [0.2, 0.25) is 0 Å². The van der Waals surface area contributed by atoms with E-state index < -0.39 is 34.9 Å². The molecule has 0 radical (unpaired) electrons. The van der Waals surface area contributed by atoms with E-state index in [9.17, 15) is 27.2 Å². The van der Waals surface area contributed by atoms with Gasteiger partial charge in [-0.1, -0.05) is 6.07 Å². The number of halogens is 4. The van der Waals surface area contributed by atoms with E-state index in [0.717, 1.165) is 11.8 Å². The molecule has 0 bridgehead atoms. The molecule has 5 nitrogen and oxygen atoms in total. The van der Waals surface area contributed by atoms with Gasteiger partial charge >= 0.3 is 0 Å². The van der Waals surface area contributed by atoms with Crippen molar-refractivity contribution in [2.24, 2.45) is 0 Å². The fourth-order valence-electron chi connectivity index (χ4n) is 2.61. The fraction of sp³-hybridized carbons (Fsp3) is 0.0909. The molecule has 0 aliphatic carbocycles. The lowest BCUT2D eigenvalue weighted by atomic mass is 10.2. The Kier molecular flexibility index (Phi) is 7.37. The molecular formula is C22H16F4N2O3S. The van der Waals surface area contributed by atoms with Gasteiger partial charge in [-0.2, -0.15) is 0 Å². The maximum Gasteiger partial charge on any atom is 0.255 e. The molecule has 0 atom stereocenters. The van der Waals surface area contributed by atoms with Crippen LogP contribution in [-0.4, -0.2) is 24.7 Å². The molecule has 3 rings (SSSR count). The number of anilines is 2. The van der Waals surface area contributed by atoms with Crippen molar-refractivity contribution in [3.8, 4) is 5.75 Å². The lowest BCUT2D eigenvalue weighted by Crippen LogP contribution is -2.17. The summed E-state index contributed by atoms with van der Waals surface area (Å²) in [5.41, 5.74) is -0.262. The van der Waals surface area contributed by atoms with Crippen LogP contribution in [0.1, 0.15) is 10.4 Å². The van der Waals surface area contributed by atoms with Crippen molar-refractivity contribution in [1.29, 1.82) is 0 Å². The molecular weight excluding hydrogens is 448 g/mol. The van der Waals surface area contributed by atoms with Gasteiger partial charge in [0.1, 0.15) is 11.4 Å². The second kappa shape index (κ2) is 10.2. The van der Waals surface area contributed by atoms with Crippen LogP contribution in [0, 0.1) is 23.3 Å². The van der Waals surface area contributed by atoms with Crippen molar-refractivity contribution in [3.05, 3.63) is 83.4 Å². The van der Waals surface area contributed by atoms with E-state index in [-0.39, 0.29) is 17.7 Å². The molecule has 2 N–H and O–H groups in total. The molecule has 10 heteroatoms. The number of thioether (sulfide) groups is 1. The van der Waals surface area contributed by atoms with Gasteiger partial charge in [0.25, 0.3) is 5.91 Å². The van der Waals surface area contributed by atoms with Gasteiger partial charge in [-0.05, 0) is 42.5 Å². The van der Waals surface area contributed by atoms with Gasteiger partial charge in [0.05, 0.1) is 12.9 Å². The molecule has 166 valence electrons. The van der Waals surface area contributed by atoms with Gasteiger partial charge < -0.3 is 15.4 Å². The van der Waals surface area contributed by atoms with Crippen molar-refractivity contribution in [2.45, 2.75) is 4.90 Å². The van der Waals surface area contributed by atoms with Gasteiger partial charge in [0.2, 0.25) is 5.91 Å². The van der Waals surface area contributed by atoms with Crippen molar-refractivity contribution in [2.75, 3.05) is 23.5 Å². The van der Waals surface area contributed by atoms with E-state index in [4.69, 9.17) is 4.74 Å². The van der Waals surface area contributed by atoms with E-state index >= 15 is 0 Å². The number of hydrogen-bond donors (Lipinski definition) is 2. The lowest BCUT2D eigenvalue weighted by Gasteiger charge is -2.09. The third kappa shape index (κ3) is 5.58. The highest BCUT2D eigenvalue weighted by molar-refractivity contribution is 8.00. The highest BCUT2D eigenvalue weighted by Crippen LogP contribution is 2.25. The van der Waals surface area contributed by atoms with E-state index in [1.165, 1.54) is 7.11 Å². The number of carbonyl (C=O) groups excluding carboxylic acids is 2. The Morgan fingerprint density at radius 3 is 2.19 bits per heavy atom. The Hall–Kier alpha value is -3.53. The van der Waals surface area contributed by atoms with Crippen molar-refractivity contribution >= 4 is 35.0 Å². The normalized spacial score (nSPS) is 10.5. The smallest absolute Gasteiger partial charge is 0.255 e. The number of rotatable bonds is 7. The van der Waals surface area contributed by atoms with Gasteiger partial charge in [-0.3, -0.25) is 9.59 Å². The number of ether oxygens (including phenoxy) is 1. The zero-order valence-electron chi connectivity index (χ0n) is 16.5. The lowest BCUT2D eigenvalue weighted by molar-refractivity contribution is -0.113. The molecule has 0 heterocycles. The maximum absolute atomic E-state index is 13.6. The summed E-state index contributed by atoms with van der Waals surface area (Å²) in [4.78, 5) is 24.9. The number of benzene rings is 3. The summed E-state index contributed by atoms with van der Waals surface area (Å²) in [5.74, 6) is -7.51. The van der Waals surface area contributed by atoms with Gasteiger partial charge in [0.15, 0.2) is 23.3 Å². The van der Waals surface area contributed by atoms with E-state index in [1.807, 2.05) is 5.32 Å². The quantitative estimate of drug-likeness (QED) is 0.285. The molecule has 3 aromatic carbocycles. The Labute approximate surface area is 184 Å². The van der Waals surface area contributed by atoms with Gasteiger partial charge in [0, 0.05) is 22.2 Å². The van der Waals surface area contributed by atoms with E-state index in [2.05, 4.69) is 5.32 Å². The Bertz CT molecular complexity index is 1130. The average Bonchev–Trinajstić information content (AvgIpc) is 2.80. The average molecular weight is 464 g/mol. The number of carbonyl (C=O) groups is 2. The summed E-state index contributed by atoms with van der Waals surface area (Å²) in [7, 11) is 1.50. The van der Waals surface area contributed by atoms with Crippen LogP contribution in [-0.2, 0) is 4.79 Å². The number of methoxy groups -OCH3 is 1. The molecule has 0 aromatic heterocycles. The SMILES string of the molecule is COc1cccc(C(=O)Nc2ccc(SCC(=O)Nc3c(F)c(F)cc(F)c3F)cc2)c1. The Balaban J connectivity index is 1.57. The van der Waals surface area contributed by atoms with Crippen LogP contribution in [0.25, 0.3) is 0 Å². The third-order valence-electron chi connectivity index (χ3n) is 4.19. The number of nitrogens with one attached hydrogen (secondary N) is 2. The first-order chi connectivity index (χ1) is 15.3. The molecule has 0 saturated heterocycles. The number of amides is 2. The Morgan fingerprint density at radius 2 is 1.56 bits per heavy atom. The van der Waals surface area contributed by atoms with Gasteiger partial charge in [-0.25, -0.2) is 17.6 Å². The minimum Gasteiger partial charge on any atom is -0.497 e. The first kappa shape index (κ1) is 23.1. The molecule has 0 spiro atoms. The zero-order valence-corrected chi connectivity index (χ0v) is 17.4. The first-order valence-electron chi connectivity index (χ1n) is 9.09. The molecule has 32 heavy (non-hydrogen) atoms. The zero-order chi connectivity index (χ0) is 23.3.